The molecule has 5 heteroatoms. The molecular weight excluding hydrogens is 255 g/mol. The van der Waals surface area contributed by atoms with Crippen molar-refractivity contribution in [1.82, 2.24) is 0 Å². The molecule has 1 unspecified atom stereocenters. The van der Waals surface area contributed by atoms with Gasteiger partial charge in [0, 0.05) is 5.56 Å². The molecule has 0 aromatic heterocycles. The second kappa shape index (κ2) is 4.79. The zero-order valence-electron chi connectivity index (χ0n) is 10.7. The Labute approximate surface area is 109 Å². The van der Waals surface area contributed by atoms with Crippen molar-refractivity contribution in [2.45, 2.75) is 38.8 Å². The van der Waals surface area contributed by atoms with Crippen LogP contribution >= 0.6 is 0 Å². The van der Waals surface area contributed by atoms with Crippen molar-refractivity contribution in [3.63, 3.8) is 0 Å². The standard InChI is InChI=1S/C14H14F3NO/c1-3-8(2)9-4-5-11-10(6-9)12(19)7-13(18-11)14(15,16)17/h4-6,8H,3,7H2,1-2H3. The second-order valence-corrected chi connectivity index (χ2v) is 4.74. The number of ketones is 1. The van der Waals surface area contributed by atoms with E-state index >= 15 is 0 Å². The molecule has 0 amide bonds. The van der Waals surface area contributed by atoms with Crippen molar-refractivity contribution in [3.8, 4) is 0 Å². The summed E-state index contributed by atoms with van der Waals surface area (Å²) in [6, 6.07) is 4.91. The number of halogens is 3. The predicted octanol–water partition coefficient (Wildman–Crippen LogP) is 4.42. The Morgan fingerprint density at radius 2 is 2.05 bits per heavy atom. The zero-order chi connectivity index (χ0) is 14.2. The summed E-state index contributed by atoms with van der Waals surface area (Å²) < 4.78 is 37.8. The van der Waals surface area contributed by atoms with Gasteiger partial charge in [-0.3, -0.25) is 4.79 Å². The minimum absolute atomic E-state index is 0.121. The lowest BCUT2D eigenvalue weighted by atomic mass is 9.92. The van der Waals surface area contributed by atoms with Gasteiger partial charge in [0.1, 0.15) is 5.71 Å². The Bertz CT molecular complexity index is 546. The summed E-state index contributed by atoms with van der Waals surface area (Å²) >= 11 is 0. The number of Topliss-reactive ketones (excluding diaryl/α,β-unsaturated/α-hetero) is 1. The molecule has 1 aliphatic rings. The van der Waals surface area contributed by atoms with E-state index in [2.05, 4.69) is 4.99 Å². The van der Waals surface area contributed by atoms with Crippen LogP contribution in [0.15, 0.2) is 23.2 Å². The van der Waals surface area contributed by atoms with E-state index in [9.17, 15) is 18.0 Å². The number of carbonyl (C=O) groups excluding carboxylic acids is 1. The van der Waals surface area contributed by atoms with Gasteiger partial charge in [-0.25, -0.2) is 4.99 Å². The highest BCUT2D eigenvalue weighted by atomic mass is 19.4. The lowest BCUT2D eigenvalue weighted by molar-refractivity contribution is -0.0602. The number of hydrogen-bond donors (Lipinski definition) is 0. The smallest absolute Gasteiger partial charge is 0.294 e. The first kappa shape index (κ1) is 13.8. The van der Waals surface area contributed by atoms with Crippen LogP contribution in [0.2, 0.25) is 0 Å². The van der Waals surface area contributed by atoms with E-state index in [1.54, 1.807) is 12.1 Å². The average molecular weight is 269 g/mol. The van der Waals surface area contributed by atoms with E-state index in [-0.39, 0.29) is 11.6 Å². The molecule has 0 aliphatic carbocycles. The van der Waals surface area contributed by atoms with Crippen LogP contribution in [0.4, 0.5) is 18.9 Å². The van der Waals surface area contributed by atoms with Crippen LogP contribution in [0.5, 0.6) is 0 Å². The van der Waals surface area contributed by atoms with E-state index in [1.165, 1.54) is 6.07 Å². The minimum Gasteiger partial charge on any atom is -0.294 e. The molecule has 19 heavy (non-hydrogen) atoms. The van der Waals surface area contributed by atoms with Gasteiger partial charge in [-0.05, 0) is 30.0 Å². The third-order valence-corrected chi connectivity index (χ3v) is 3.41. The molecule has 0 saturated heterocycles. The first-order chi connectivity index (χ1) is 8.82. The highest BCUT2D eigenvalue weighted by Gasteiger charge is 2.39. The summed E-state index contributed by atoms with van der Waals surface area (Å²) in [4.78, 5) is 15.4. The molecule has 1 aliphatic heterocycles. The van der Waals surface area contributed by atoms with E-state index < -0.39 is 24.1 Å². The lowest BCUT2D eigenvalue weighted by Gasteiger charge is -2.18. The Balaban J connectivity index is 2.46. The van der Waals surface area contributed by atoms with Crippen LogP contribution in [0.25, 0.3) is 0 Å². The summed E-state index contributed by atoms with van der Waals surface area (Å²) in [6.07, 6.45) is -4.30. The molecule has 0 bridgehead atoms. The first-order valence-electron chi connectivity index (χ1n) is 6.14. The maximum atomic E-state index is 12.6. The summed E-state index contributed by atoms with van der Waals surface area (Å²) in [5.74, 6) is -0.242. The molecule has 0 N–H and O–H groups in total. The fourth-order valence-corrected chi connectivity index (χ4v) is 2.01. The van der Waals surface area contributed by atoms with Crippen LogP contribution in [0.3, 0.4) is 0 Å². The third-order valence-electron chi connectivity index (χ3n) is 3.41. The predicted molar refractivity (Wildman–Crippen MR) is 67.2 cm³/mol. The monoisotopic (exact) mass is 269 g/mol. The summed E-state index contributed by atoms with van der Waals surface area (Å²) in [5, 5.41) is 0. The van der Waals surface area contributed by atoms with Gasteiger partial charge < -0.3 is 0 Å². The molecule has 0 saturated carbocycles. The van der Waals surface area contributed by atoms with Crippen molar-refractivity contribution in [2.75, 3.05) is 0 Å². The summed E-state index contributed by atoms with van der Waals surface area (Å²) in [6.45, 7) is 4.03. The minimum atomic E-state index is -4.54. The molecule has 1 aromatic rings. The second-order valence-electron chi connectivity index (χ2n) is 4.74. The number of fused-ring (bicyclic) bond motifs is 1. The molecule has 1 aromatic carbocycles. The summed E-state index contributed by atoms with van der Waals surface area (Å²) in [7, 11) is 0. The van der Waals surface area contributed by atoms with Crippen LogP contribution in [-0.4, -0.2) is 17.7 Å². The van der Waals surface area contributed by atoms with Crippen molar-refractivity contribution < 1.29 is 18.0 Å². The fraction of sp³-hybridized carbons (Fsp3) is 0.429. The Morgan fingerprint density at radius 1 is 1.37 bits per heavy atom. The number of aliphatic imine (C=N–C) groups is 1. The van der Waals surface area contributed by atoms with Crippen LogP contribution in [0.1, 0.15) is 48.5 Å². The Hall–Kier alpha value is -1.65. The van der Waals surface area contributed by atoms with Gasteiger partial charge in [0.05, 0.1) is 12.1 Å². The van der Waals surface area contributed by atoms with Gasteiger partial charge in [-0.15, -0.1) is 0 Å². The molecule has 0 fully saturated rings. The van der Waals surface area contributed by atoms with Gasteiger partial charge in [0.15, 0.2) is 5.78 Å². The van der Waals surface area contributed by atoms with Gasteiger partial charge in [0.25, 0.3) is 0 Å². The van der Waals surface area contributed by atoms with Crippen LogP contribution in [0, 0.1) is 0 Å². The van der Waals surface area contributed by atoms with E-state index in [1.807, 2.05) is 13.8 Å². The van der Waals surface area contributed by atoms with E-state index in [4.69, 9.17) is 0 Å². The molecule has 2 nitrogen and oxygen atoms in total. The average Bonchev–Trinajstić information content (AvgIpc) is 2.36. The number of carbonyl (C=O) groups is 1. The maximum absolute atomic E-state index is 12.6. The van der Waals surface area contributed by atoms with Crippen LogP contribution in [-0.2, 0) is 0 Å². The molecule has 1 atom stereocenters. The van der Waals surface area contributed by atoms with E-state index in [0.29, 0.717) is 5.56 Å². The van der Waals surface area contributed by atoms with Crippen LogP contribution < -0.4 is 0 Å². The lowest BCUT2D eigenvalue weighted by Crippen LogP contribution is -2.28. The number of nitrogens with zero attached hydrogens (tertiary/aromatic N) is 1. The maximum Gasteiger partial charge on any atom is 0.429 e. The largest absolute Gasteiger partial charge is 0.429 e. The SMILES string of the molecule is CCC(C)c1ccc2c(c1)C(=O)CC(C(F)(F)F)=N2. The highest BCUT2D eigenvalue weighted by Crippen LogP contribution is 2.33. The normalized spacial score (nSPS) is 16.9. The quantitative estimate of drug-likeness (QED) is 0.781. The number of hydrogen-bond acceptors (Lipinski definition) is 2. The zero-order valence-corrected chi connectivity index (χ0v) is 10.7. The fourth-order valence-electron chi connectivity index (χ4n) is 2.01. The Morgan fingerprint density at radius 3 is 2.63 bits per heavy atom. The van der Waals surface area contributed by atoms with Gasteiger partial charge in [-0.2, -0.15) is 13.2 Å². The number of rotatable bonds is 2. The van der Waals surface area contributed by atoms with Crippen molar-refractivity contribution in [2.24, 2.45) is 4.99 Å². The van der Waals surface area contributed by atoms with Crippen molar-refractivity contribution >= 4 is 17.2 Å². The van der Waals surface area contributed by atoms with Gasteiger partial charge in [-0.1, -0.05) is 19.9 Å². The number of benzene rings is 1. The molecule has 102 valence electrons. The third kappa shape index (κ3) is 2.69. The Kier molecular flexibility index (Phi) is 3.47. The van der Waals surface area contributed by atoms with Gasteiger partial charge in [0.2, 0.25) is 0 Å². The first-order valence-corrected chi connectivity index (χ1v) is 6.14. The topological polar surface area (TPSA) is 29.4 Å². The highest BCUT2D eigenvalue weighted by molar-refractivity contribution is 6.17. The molecule has 0 spiro atoms. The summed E-state index contributed by atoms with van der Waals surface area (Å²) in [5.41, 5.74) is 0.364. The number of alkyl halides is 3. The molecule has 2 rings (SSSR count). The van der Waals surface area contributed by atoms with Gasteiger partial charge >= 0.3 is 6.18 Å². The van der Waals surface area contributed by atoms with E-state index in [0.717, 1.165) is 12.0 Å². The van der Waals surface area contributed by atoms with Crippen molar-refractivity contribution in [1.29, 1.82) is 0 Å². The molecule has 0 radical (unpaired) electrons. The molecular formula is C14H14F3NO. The van der Waals surface area contributed by atoms with Crippen molar-refractivity contribution in [3.05, 3.63) is 29.3 Å². The molecule has 1 heterocycles.